The Morgan fingerprint density at radius 1 is 1.29 bits per heavy atom. The lowest BCUT2D eigenvalue weighted by molar-refractivity contribution is 0.0677. The molecule has 0 radical (unpaired) electrons. The molecule has 2 N–H and O–H groups in total. The summed E-state index contributed by atoms with van der Waals surface area (Å²) in [7, 11) is 0. The van der Waals surface area contributed by atoms with E-state index in [0.717, 1.165) is 4.57 Å². The number of halogens is 1. The smallest absolute Gasteiger partial charge is 0.356 e. The molecule has 0 aliphatic heterocycles. The number of carboxylic acid groups (broad SMARTS) is 1. The first-order valence-electron chi connectivity index (χ1n) is 6.40. The van der Waals surface area contributed by atoms with Crippen molar-refractivity contribution in [2.45, 2.75) is 27.3 Å². The number of aromatic nitrogens is 1. The second-order valence-corrected chi connectivity index (χ2v) is 7.06. The Bertz CT molecular complexity index is 787. The van der Waals surface area contributed by atoms with E-state index >= 15 is 0 Å². The number of rotatable bonds is 2. The van der Waals surface area contributed by atoms with Gasteiger partial charge >= 0.3 is 5.97 Å². The first-order chi connectivity index (χ1) is 9.61. The number of pyridine rings is 1. The van der Waals surface area contributed by atoms with Crippen molar-refractivity contribution in [3.05, 3.63) is 38.7 Å². The van der Waals surface area contributed by atoms with Crippen LogP contribution >= 0.6 is 15.9 Å². The van der Waals surface area contributed by atoms with Crippen molar-refractivity contribution in [3.63, 3.8) is 0 Å². The molecule has 1 heterocycles. The third-order valence-electron chi connectivity index (χ3n) is 3.04. The maximum Gasteiger partial charge on any atom is 0.356 e. The number of fused-ring (bicyclic) bond motifs is 1. The van der Waals surface area contributed by atoms with Gasteiger partial charge < -0.3 is 10.2 Å². The lowest BCUT2D eigenvalue weighted by Crippen LogP contribution is -2.31. The van der Waals surface area contributed by atoms with E-state index < -0.39 is 11.5 Å². The highest BCUT2D eigenvalue weighted by Crippen LogP contribution is 2.30. The third-order valence-corrected chi connectivity index (χ3v) is 3.53. The fraction of sp³-hybridized carbons (Fsp3) is 0.333. The number of benzene rings is 1. The summed E-state index contributed by atoms with van der Waals surface area (Å²) in [5.74, 6) is -1.70. The van der Waals surface area contributed by atoms with E-state index in [0.29, 0.717) is 4.47 Å². The lowest BCUT2D eigenvalue weighted by atomic mass is 9.96. The highest BCUT2D eigenvalue weighted by molar-refractivity contribution is 9.10. The normalized spacial score (nSPS) is 11.8. The highest BCUT2D eigenvalue weighted by Gasteiger charge is 2.24. The Morgan fingerprint density at radius 3 is 2.43 bits per heavy atom. The molecule has 2 aromatic rings. The SMILES string of the molecule is CC(C)(C)Cn1c(C(=O)O)c(O)c2ccc(Br)cc2c1=O. The van der Waals surface area contributed by atoms with Crippen molar-refractivity contribution in [2.24, 2.45) is 5.41 Å². The van der Waals surface area contributed by atoms with Crippen molar-refractivity contribution in [1.82, 2.24) is 4.57 Å². The summed E-state index contributed by atoms with van der Waals surface area (Å²) in [4.78, 5) is 24.1. The molecule has 1 aromatic carbocycles. The van der Waals surface area contributed by atoms with Crippen LogP contribution in [0.2, 0.25) is 0 Å². The molecule has 5 nitrogen and oxygen atoms in total. The van der Waals surface area contributed by atoms with Crippen LogP contribution in [-0.2, 0) is 6.54 Å². The number of carbonyl (C=O) groups is 1. The lowest BCUT2D eigenvalue weighted by Gasteiger charge is -2.22. The Labute approximate surface area is 130 Å². The first kappa shape index (κ1) is 15.6. The number of hydrogen-bond acceptors (Lipinski definition) is 3. The predicted octanol–water partition coefficient (Wildman–Crippen LogP) is 3.21. The summed E-state index contributed by atoms with van der Waals surface area (Å²) in [6.07, 6.45) is 0. The summed E-state index contributed by atoms with van der Waals surface area (Å²) >= 11 is 3.28. The molecule has 0 bridgehead atoms. The molecule has 0 unspecified atom stereocenters. The molecule has 112 valence electrons. The first-order valence-corrected chi connectivity index (χ1v) is 7.19. The zero-order valence-electron chi connectivity index (χ0n) is 12.0. The average molecular weight is 354 g/mol. The number of nitrogens with zero attached hydrogens (tertiary/aromatic N) is 1. The Morgan fingerprint density at radius 2 is 1.90 bits per heavy atom. The van der Waals surface area contributed by atoms with Gasteiger partial charge in [-0.05, 0) is 23.6 Å². The number of aromatic carboxylic acids is 1. The van der Waals surface area contributed by atoms with Crippen LogP contribution in [0.4, 0.5) is 0 Å². The summed E-state index contributed by atoms with van der Waals surface area (Å²) in [5, 5.41) is 20.1. The van der Waals surface area contributed by atoms with Crippen LogP contribution in [0.25, 0.3) is 10.8 Å². The van der Waals surface area contributed by atoms with E-state index in [-0.39, 0.29) is 34.2 Å². The van der Waals surface area contributed by atoms with Crippen molar-refractivity contribution < 1.29 is 15.0 Å². The van der Waals surface area contributed by atoms with Crippen molar-refractivity contribution in [2.75, 3.05) is 0 Å². The molecule has 0 aliphatic rings. The third kappa shape index (κ3) is 2.95. The maximum absolute atomic E-state index is 12.6. The van der Waals surface area contributed by atoms with Gasteiger partial charge in [-0.1, -0.05) is 36.7 Å². The van der Waals surface area contributed by atoms with Gasteiger partial charge in [-0.2, -0.15) is 0 Å². The van der Waals surface area contributed by atoms with E-state index in [1.165, 1.54) is 6.07 Å². The number of carboxylic acids is 1. The predicted molar refractivity (Wildman–Crippen MR) is 84.0 cm³/mol. The van der Waals surface area contributed by atoms with Crippen LogP contribution in [0, 0.1) is 5.41 Å². The molecule has 0 saturated carbocycles. The minimum absolute atomic E-state index is 0.198. The second-order valence-electron chi connectivity index (χ2n) is 6.14. The van der Waals surface area contributed by atoms with Gasteiger partial charge in [0.25, 0.3) is 5.56 Å². The van der Waals surface area contributed by atoms with Crippen LogP contribution < -0.4 is 5.56 Å². The minimum atomic E-state index is -1.32. The van der Waals surface area contributed by atoms with Gasteiger partial charge in [-0.25, -0.2) is 4.79 Å². The molecular weight excluding hydrogens is 338 g/mol. The standard InChI is InChI=1S/C15H16BrNO4/c1-15(2,3)7-17-11(14(20)21)12(18)9-5-4-8(16)6-10(9)13(17)19/h4-6,18H,7H2,1-3H3,(H,20,21). The van der Waals surface area contributed by atoms with Crippen LogP contribution in [0.5, 0.6) is 5.75 Å². The van der Waals surface area contributed by atoms with Crippen LogP contribution in [0.1, 0.15) is 31.3 Å². The minimum Gasteiger partial charge on any atom is -0.505 e. The zero-order valence-corrected chi connectivity index (χ0v) is 13.6. The molecule has 21 heavy (non-hydrogen) atoms. The monoisotopic (exact) mass is 353 g/mol. The quantitative estimate of drug-likeness (QED) is 0.868. The largest absolute Gasteiger partial charge is 0.505 e. The summed E-state index contributed by atoms with van der Waals surface area (Å²) in [5.41, 5.74) is -1.10. The van der Waals surface area contributed by atoms with Gasteiger partial charge in [0, 0.05) is 16.4 Å². The summed E-state index contributed by atoms with van der Waals surface area (Å²) < 4.78 is 1.82. The second kappa shape index (κ2) is 5.18. The van der Waals surface area contributed by atoms with Crippen LogP contribution in [-0.4, -0.2) is 20.7 Å². The van der Waals surface area contributed by atoms with Gasteiger partial charge in [-0.15, -0.1) is 0 Å². The van der Waals surface area contributed by atoms with Gasteiger partial charge in [0.15, 0.2) is 11.4 Å². The van der Waals surface area contributed by atoms with Crippen LogP contribution in [0.3, 0.4) is 0 Å². The van der Waals surface area contributed by atoms with Gasteiger partial charge in [-0.3, -0.25) is 9.36 Å². The number of hydrogen-bond donors (Lipinski definition) is 2. The van der Waals surface area contributed by atoms with E-state index in [4.69, 9.17) is 0 Å². The zero-order chi connectivity index (χ0) is 15.9. The van der Waals surface area contributed by atoms with Gasteiger partial charge in [0.2, 0.25) is 0 Å². The van der Waals surface area contributed by atoms with E-state index in [1.807, 2.05) is 20.8 Å². The molecule has 0 fully saturated rings. The van der Waals surface area contributed by atoms with Gasteiger partial charge in [0.1, 0.15) is 0 Å². The van der Waals surface area contributed by atoms with Crippen molar-refractivity contribution >= 4 is 32.7 Å². The fourth-order valence-electron chi connectivity index (χ4n) is 2.24. The highest BCUT2D eigenvalue weighted by atomic mass is 79.9. The average Bonchev–Trinajstić information content (AvgIpc) is 2.33. The topological polar surface area (TPSA) is 79.5 Å². The molecule has 6 heteroatoms. The molecule has 0 aliphatic carbocycles. The van der Waals surface area contributed by atoms with Crippen molar-refractivity contribution in [3.8, 4) is 5.75 Å². The molecule has 0 atom stereocenters. The van der Waals surface area contributed by atoms with E-state index in [1.54, 1.807) is 12.1 Å². The molecule has 0 spiro atoms. The molecule has 0 saturated heterocycles. The Kier molecular flexibility index (Phi) is 3.84. The molecule has 2 rings (SSSR count). The van der Waals surface area contributed by atoms with E-state index in [9.17, 15) is 19.8 Å². The maximum atomic E-state index is 12.6. The van der Waals surface area contributed by atoms with Gasteiger partial charge in [0.05, 0.1) is 5.39 Å². The van der Waals surface area contributed by atoms with Crippen molar-refractivity contribution in [1.29, 1.82) is 0 Å². The molecule has 1 aromatic heterocycles. The van der Waals surface area contributed by atoms with E-state index in [2.05, 4.69) is 15.9 Å². The van der Waals surface area contributed by atoms with Crippen LogP contribution in [0.15, 0.2) is 27.5 Å². The fourth-order valence-corrected chi connectivity index (χ4v) is 2.61. The molecular formula is C15H16BrNO4. The summed E-state index contributed by atoms with van der Waals surface area (Å²) in [6.45, 7) is 5.89. The Balaban J connectivity index is 2.93. The Hall–Kier alpha value is -1.82. The summed E-state index contributed by atoms with van der Waals surface area (Å²) in [6, 6.07) is 4.77. The number of aromatic hydroxyl groups is 1. The molecule has 0 amide bonds.